The molecular weight excluding hydrogens is 468 g/mol. The van der Waals surface area contributed by atoms with Gasteiger partial charge in [-0.05, 0) is 56.3 Å². The van der Waals surface area contributed by atoms with Gasteiger partial charge in [-0.15, -0.1) is 0 Å². The summed E-state index contributed by atoms with van der Waals surface area (Å²) in [4.78, 5) is 29.0. The van der Waals surface area contributed by atoms with E-state index in [9.17, 15) is 18.0 Å². The fourth-order valence-corrected chi connectivity index (χ4v) is 5.23. The van der Waals surface area contributed by atoms with Crippen molar-refractivity contribution >= 4 is 43.3 Å². The summed E-state index contributed by atoms with van der Waals surface area (Å²) in [6, 6.07) is 11.0. The number of ether oxygens (including phenoxy) is 3. The monoisotopic (exact) mass is 492 g/mol. The molecule has 0 bridgehead atoms. The molecule has 0 aliphatic carbocycles. The number of esters is 1. The number of thiazole rings is 1. The zero-order chi connectivity index (χ0) is 24.0. The lowest BCUT2D eigenvalue weighted by molar-refractivity contribution is -0.143. The summed E-state index contributed by atoms with van der Waals surface area (Å²) in [6.45, 7) is 4.09. The molecule has 1 heterocycles. The van der Waals surface area contributed by atoms with Crippen LogP contribution in [0.3, 0.4) is 0 Å². The van der Waals surface area contributed by atoms with Crippen LogP contribution in [-0.2, 0) is 30.7 Å². The first-order valence-corrected chi connectivity index (χ1v) is 12.6. The van der Waals surface area contributed by atoms with Crippen molar-refractivity contribution in [2.75, 3.05) is 26.1 Å². The maximum absolute atomic E-state index is 12.7. The van der Waals surface area contributed by atoms with E-state index in [1.807, 2.05) is 6.92 Å². The Morgan fingerprint density at radius 3 is 2.36 bits per heavy atom. The van der Waals surface area contributed by atoms with Gasteiger partial charge in [-0.2, -0.15) is 4.99 Å². The number of carbonyl (C=O) groups excluding carboxylic acids is 2. The van der Waals surface area contributed by atoms with Crippen molar-refractivity contribution in [3.63, 3.8) is 0 Å². The minimum Gasteiger partial charge on any atom is -0.497 e. The first-order chi connectivity index (χ1) is 15.8. The number of rotatable bonds is 9. The molecule has 0 saturated heterocycles. The molecule has 9 nitrogen and oxygen atoms in total. The van der Waals surface area contributed by atoms with Gasteiger partial charge in [0.25, 0.3) is 5.91 Å². The quantitative estimate of drug-likeness (QED) is 0.422. The molecule has 2 aromatic carbocycles. The third-order valence-electron chi connectivity index (χ3n) is 4.51. The molecule has 0 atom stereocenters. The Morgan fingerprint density at radius 1 is 1.03 bits per heavy atom. The Hall–Kier alpha value is -3.18. The van der Waals surface area contributed by atoms with Crippen LogP contribution in [0.15, 0.2) is 52.4 Å². The number of carbonyl (C=O) groups is 2. The van der Waals surface area contributed by atoms with E-state index in [0.717, 1.165) is 16.0 Å². The van der Waals surface area contributed by atoms with Gasteiger partial charge in [-0.3, -0.25) is 9.59 Å². The van der Waals surface area contributed by atoms with Crippen molar-refractivity contribution in [2.45, 2.75) is 25.3 Å². The van der Waals surface area contributed by atoms with Crippen molar-refractivity contribution in [1.82, 2.24) is 4.57 Å². The normalized spacial score (nSPS) is 12.0. The molecule has 11 heteroatoms. The number of fused-ring (bicyclic) bond motifs is 1. The standard InChI is InChI=1S/C22H24N2O7S2/c1-4-30-16-8-11-18-19(12-16)32-22(24(18)13-21(26)31-5-2)23-20(25)14-33(27,28)17-9-6-15(29-3)7-10-17/h6-12H,4-5,13-14H2,1-3H3. The van der Waals surface area contributed by atoms with Crippen LogP contribution in [0.5, 0.6) is 11.5 Å². The van der Waals surface area contributed by atoms with Crippen LogP contribution in [0.4, 0.5) is 0 Å². The molecule has 1 aromatic heterocycles. The molecule has 0 radical (unpaired) electrons. The summed E-state index contributed by atoms with van der Waals surface area (Å²) in [5.74, 6) is -1.01. The number of hydrogen-bond acceptors (Lipinski definition) is 8. The maximum Gasteiger partial charge on any atom is 0.326 e. The van der Waals surface area contributed by atoms with Crippen LogP contribution < -0.4 is 14.3 Å². The third kappa shape index (κ3) is 5.99. The molecule has 3 rings (SSSR count). The number of hydrogen-bond donors (Lipinski definition) is 0. The minimum absolute atomic E-state index is 0.0102. The van der Waals surface area contributed by atoms with Crippen LogP contribution in [0.2, 0.25) is 0 Å². The largest absolute Gasteiger partial charge is 0.497 e. The molecule has 176 valence electrons. The van der Waals surface area contributed by atoms with Gasteiger partial charge in [0, 0.05) is 0 Å². The molecule has 0 aliphatic heterocycles. The van der Waals surface area contributed by atoms with E-state index in [2.05, 4.69) is 4.99 Å². The summed E-state index contributed by atoms with van der Waals surface area (Å²) in [5.41, 5.74) is 0.654. The maximum atomic E-state index is 12.7. The number of aromatic nitrogens is 1. The number of nitrogens with zero attached hydrogens (tertiary/aromatic N) is 2. The highest BCUT2D eigenvalue weighted by Gasteiger charge is 2.20. The van der Waals surface area contributed by atoms with E-state index in [4.69, 9.17) is 14.2 Å². The first kappa shape index (κ1) is 24.5. The summed E-state index contributed by atoms with van der Waals surface area (Å²) < 4.78 is 43.1. The second kappa shape index (κ2) is 10.6. The lowest BCUT2D eigenvalue weighted by atomic mass is 10.3. The van der Waals surface area contributed by atoms with E-state index in [-0.39, 0.29) is 22.8 Å². The number of benzene rings is 2. The van der Waals surface area contributed by atoms with Crippen LogP contribution in [0.25, 0.3) is 10.2 Å². The Kier molecular flexibility index (Phi) is 7.88. The average Bonchev–Trinajstić information content (AvgIpc) is 3.09. The summed E-state index contributed by atoms with van der Waals surface area (Å²) in [6.07, 6.45) is 0. The van der Waals surface area contributed by atoms with Crippen LogP contribution >= 0.6 is 11.3 Å². The fraction of sp³-hybridized carbons (Fsp3) is 0.318. The molecule has 0 fully saturated rings. The summed E-state index contributed by atoms with van der Waals surface area (Å²) >= 11 is 1.16. The zero-order valence-corrected chi connectivity index (χ0v) is 20.1. The lowest BCUT2D eigenvalue weighted by Gasteiger charge is -2.06. The molecule has 0 aliphatic rings. The van der Waals surface area contributed by atoms with Crippen molar-refractivity contribution < 1.29 is 32.2 Å². The number of amides is 1. The summed E-state index contributed by atoms with van der Waals surface area (Å²) in [7, 11) is -2.44. The second-order valence-corrected chi connectivity index (χ2v) is 9.78. The van der Waals surface area contributed by atoms with Gasteiger partial charge in [-0.1, -0.05) is 11.3 Å². The molecule has 3 aromatic rings. The Balaban J connectivity index is 1.97. The van der Waals surface area contributed by atoms with Crippen molar-refractivity contribution in [3.05, 3.63) is 47.3 Å². The zero-order valence-electron chi connectivity index (χ0n) is 18.4. The highest BCUT2D eigenvalue weighted by Crippen LogP contribution is 2.24. The molecular formula is C22H24N2O7S2. The predicted octanol–water partition coefficient (Wildman–Crippen LogP) is 2.57. The Labute approximate surface area is 195 Å². The molecule has 0 spiro atoms. The third-order valence-corrected chi connectivity index (χ3v) is 7.17. The van der Waals surface area contributed by atoms with Gasteiger partial charge in [0.2, 0.25) is 0 Å². The van der Waals surface area contributed by atoms with Gasteiger partial charge in [-0.25, -0.2) is 8.42 Å². The average molecular weight is 493 g/mol. The molecule has 0 saturated carbocycles. The van der Waals surface area contributed by atoms with E-state index in [1.54, 1.807) is 25.1 Å². The topological polar surface area (TPSA) is 113 Å². The molecule has 33 heavy (non-hydrogen) atoms. The highest BCUT2D eigenvalue weighted by atomic mass is 32.2. The summed E-state index contributed by atoms with van der Waals surface area (Å²) in [5, 5.41) is 0. The Bertz CT molecular complexity index is 1320. The first-order valence-electron chi connectivity index (χ1n) is 10.1. The van der Waals surface area contributed by atoms with Crippen molar-refractivity contribution in [3.8, 4) is 11.5 Å². The lowest BCUT2D eigenvalue weighted by Crippen LogP contribution is -2.24. The van der Waals surface area contributed by atoms with Crippen molar-refractivity contribution in [2.24, 2.45) is 4.99 Å². The number of sulfone groups is 1. The highest BCUT2D eigenvalue weighted by molar-refractivity contribution is 7.92. The SMILES string of the molecule is CCOC(=O)Cn1c(=NC(=O)CS(=O)(=O)c2ccc(OC)cc2)sc2cc(OCC)ccc21. The van der Waals surface area contributed by atoms with Gasteiger partial charge >= 0.3 is 5.97 Å². The van der Waals surface area contributed by atoms with Crippen molar-refractivity contribution in [1.29, 1.82) is 0 Å². The molecule has 0 N–H and O–H groups in total. The Morgan fingerprint density at radius 2 is 1.73 bits per heavy atom. The van der Waals surface area contributed by atoms with Crippen LogP contribution in [-0.4, -0.2) is 50.9 Å². The van der Waals surface area contributed by atoms with Gasteiger partial charge in [0.1, 0.15) is 23.8 Å². The van der Waals surface area contributed by atoms with E-state index in [0.29, 0.717) is 23.6 Å². The van der Waals surface area contributed by atoms with E-state index in [1.165, 1.54) is 35.9 Å². The predicted molar refractivity (Wildman–Crippen MR) is 123 cm³/mol. The second-order valence-electron chi connectivity index (χ2n) is 6.78. The number of methoxy groups -OCH3 is 1. The fourth-order valence-electron chi connectivity index (χ4n) is 3.05. The van der Waals surface area contributed by atoms with Gasteiger partial charge in [0.05, 0.1) is 35.4 Å². The minimum atomic E-state index is -3.91. The van der Waals surface area contributed by atoms with Crippen LogP contribution in [0, 0.1) is 0 Å². The smallest absolute Gasteiger partial charge is 0.326 e. The van der Waals surface area contributed by atoms with E-state index >= 15 is 0 Å². The van der Waals surface area contributed by atoms with Crippen LogP contribution in [0.1, 0.15) is 13.8 Å². The van der Waals surface area contributed by atoms with Gasteiger partial charge in [0.15, 0.2) is 14.6 Å². The van der Waals surface area contributed by atoms with Gasteiger partial charge < -0.3 is 18.8 Å². The van der Waals surface area contributed by atoms with E-state index < -0.39 is 27.5 Å². The molecule has 1 amide bonds. The molecule has 0 unspecified atom stereocenters.